The molecule has 5 atom stereocenters. The van der Waals surface area contributed by atoms with Crippen molar-refractivity contribution in [3.8, 4) is 0 Å². The molecule has 1 aliphatic heterocycles. The molecule has 5 N–H and O–H groups in total. The Morgan fingerprint density at radius 1 is 1.20 bits per heavy atom. The Morgan fingerprint density at radius 3 is 2.55 bits per heavy atom. The van der Waals surface area contributed by atoms with Crippen molar-refractivity contribution in [3.63, 3.8) is 0 Å². The fraction of sp³-hybridized carbons (Fsp3) is 0.500. The van der Waals surface area contributed by atoms with Gasteiger partial charge in [0.05, 0.1) is 12.8 Å². The fourth-order valence-electron chi connectivity index (χ4n) is 2.05. The van der Waals surface area contributed by atoms with Crippen LogP contribution in [0.5, 0.6) is 0 Å². The molecule has 2 rings (SSSR count). The molecular weight excluding hydrogens is 266 g/mol. The topological polar surface area (TPSA) is 130 Å². The van der Waals surface area contributed by atoms with Crippen LogP contribution < -0.4 is 0 Å². The van der Waals surface area contributed by atoms with Crippen molar-refractivity contribution < 1.29 is 25.5 Å². The van der Waals surface area contributed by atoms with Crippen molar-refractivity contribution in [1.29, 1.82) is 0 Å². The third-order valence-corrected chi connectivity index (χ3v) is 3.22. The first kappa shape index (κ1) is 14.8. The highest BCUT2D eigenvalue weighted by molar-refractivity contribution is 5.78. The van der Waals surface area contributed by atoms with E-state index in [0.29, 0.717) is 5.56 Å². The van der Waals surface area contributed by atoms with E-state index in [9.17, 15) is 25.5 Å². The highest BCUT2D eigenvalue weighted by atomic mass is 16.4. The zero-order valence-corrected chi connectivity index (χ0v) is 10.6. The zero-order valence-electron chi connectivity index (χ0n) is 10.6. The van der Waals surface area contributed by atoms with Gasteiger partial charge in [0.2, 0.25) is 0 Å². The van der Waals surface area contributed by atoms with Gasteiger partial charge in [0, 0.05) is 18.0 Å². The van der Waals surface area contributed by atoms with E-state index in [2.05, 4.69) is 10.1 Å². The van der Waals surface area contributed by atoms with Gasteiger partial charge in [0.25, 0.3) is 0 Å². The maximum absolute atomic E-state index is 9.87. The van der Waals surface area contributed by atoms with Gasteiger partial charge in [-0.3, -0.25) is 9.99 Å². The van der Waals surface area contributed by atoms with E-state index < -0.39 is 37.2 Å². The quantitative estimate of drug-likeness (QED) is 0.387. The number of hydrogen-bond donors (Lipinski definition) is 5. The van der Waals surface area contributed by atoms with E-state index in [1.165, 1.54) is 12.4 Å². The van der Waals surface area contributed by atoms with Gasteiger partial charge in [-0.1, -0.05) is 6.07 Å². The third-order valence-electron chi connectivity index (χ3n) is 3.22. The number of hydrogen-bond acceptors (Lipinski definition) is 8. The molecule has 0 radical (unpaired) electrons. The predicted molar refractivity (Wildman–Crippen MR) is 68.6 cm³/mol. The summed E-state index contributed by atoms with van der Waals surface area (Å²) in [5, 5.41) is 53.0. The van der Waals surface area contributed by atoms with Crippen LogP contribution in [0.4, 0.5) is 0 Å². The van der Waals surface area contributed by atoms with Crippen LogP contribution in [0, 0.1) is 0 Å². The van der Waals surface area contributed by atoms with E-state index in [1.54, 1.807) is 18.3 Å². The molecule has 0 spiro atoms. The van der Waals surface area contributed by atoms with Crippen molar-refractivity contribution in [3.05, 3.63) is 30.1 Å². The Balaban J connectivity index is 2.21. The molecule has 20 heavy (non-hydrogen) atoms. The number of aromatic nitrogens is 1. The summed E-state index contributed by atoms with van der Waals surface area (Å²) < 4.78 is 0. The van der Waals surface area contributed by atoms with Gasteiger partial charge in [0.15, 0.2) is 6.23 Å². The maximum atomic E-state index is 9.87. The Kier molecular flexibility index (Phi) is 4.63. The first-order chi connectivity index (χ1) is 9.56. The summed E-state index contributed by atoms with van der Waals surface area (Å²) in [5.74, 6) is 0. The molecule has 1 fully saturated rings. The molecule has 1 aromatic heterocycles. The summed E-state index contributed by atoms with van der Waals surface area (Å²) in [5.41, 5.74) is 0.645. The second-order valence-corrected chi connectivity index (χ2v) is 4.55. The van der Waals surface area contributed by atoms with Crippen molar-refractivity contribution in [2.45, 2.75) is 30.6 Å². The number of hydrazone groups is 1. The van der Waals surface area contributed by atoms with Crippen LogP contribution in [0.25, 0.3) is 0 Å². The normalized spacial score (nSPS) is 34.6. The molecule has 1 saturated heterocycles. The van der Waals surface area contributed by atoms with Crippen LogP contribution in [0.3, 0.4) is 0 Å². The average Bonchev–Trinajstić information content (AvgIpc) is 2.48. The smallest absolute Gasteiger partial charge is 0.171 e. The Hall–Kier alpha value is -1.58. The van der Waals surface area contributed by atoms with Gasteiger partial charge in [-0.2, -0.15) is 5.10 Å². The minimum atomic E-state index is -1.58. The van der Waals surface area contributed by atoms with E-state index in [-0.39, 0.29) is 0 Å². The minimum Gasteiger partial charge on any atom is -0.394 e. The lowest BCUT2D eigenvalue weighted by atomic mass is 9.94. The van der Waals surface area contributed by atoms with Crippen LogP contribution in [-0.2, 0) is 0 Å². The molecule has 8 heteroatoms. The van der Waals surface area contributed by atoms with Crippen LogP contribution in [0.1, 0.15) is 5.56 Å². The van der Waals surface area contributed by atoms with Crippen LogP contribution in [0.2, 0.25) is 0 Å². The zero-order chi connectivity index (χ0) is 14.7. The lowest BCUT2D eigenvalue weighted by Crippen LogP contribution is -2.65. The van der Waals surface area contributed by atoms with Gasteiger partial charge in [-0.15, -0.1) is 0 Å². The predicted octanol–water partition coefficient (Wildman–Crippen LogP) is -2.51. The molecule has 0 amide bonds. The molecule has 0 aromatic carbocycles. The SMILES string of the molecule is OC[C@@H]1[C@@H](O)[C@H](O)[C@@H](O)C(O)N1/N=C\c1cccnc1. The molecule has 0 aliphatic carbocycles. The maximum Gasteiger partial charge on any atom is 0.171 e. The van der Waals surface area contributed by atoms with E-state index >= 15 is 0 Å². The number of aliphatic hydroxyl groups excluding tert-OH is 5. The third kappa shape index (κ3) is 2.79. The highest BCUT2D eigenvalue weighted by Gasteiger charge is 2.46. The van der Waals surface area contributed by atoms with E-state index in [1.807, 2.05) is 0 Å². The first-order valence-electron chi connectivity index (χ1n) is 6.11. The van der Waals surface area contributed by atoms with Crippen LogP contribution in [-0.4, -0.2) is 78.9 Å². The molecule has 110 valence electrons. The van der Waals surface area contributed by atoms with Crippen LogP contribution >= 0.6 is 0 Å². The Morgan fingerprint density at radius 2 is 1.95 bits per heavy atom. The van der Waals surface area contributed by atoms with Gasteiger partial charge >= 0.3 is 0 Å². The van der Waals surface area contributed by atoms with Gasteiger partial charge in [-0.05, 0) is 6.07 Å². The van der Waals surface area contributed by atoms with Crippen molar-refractivity contribution in [2.75, 3.05) is 6.61 Å². The number of nitrogens with zero attached hydrogens (tertiary/aromatic N) is 3. The van der Waals surface area contributed by atoms with Crippen molar-refractivity contribution in [2.24, 2.45) is 5.10 Å². The summed E-state index contributed by atoms with van der Waals surface area (Å²) >= 11 is 0. The summed E-state index contributed by atoms with van der Waals surface area (Å²) in [6.45, 7) is -0.535. The van der Waals surface area contributed by atoms with Crippen molar-refractivity contribution >= 4 is 6.21 Å². The lowest BCUT2D eigenvalue weighted by molar-refractivity contribution is -0.222. The monoisotopic (exact) mass is 283 g/mol. The molecular formula is C12H17N3O5. The molecule has 1 aliphatic rings. The number of aliphatic hydroxyl groups is 5. The second-order valence-electron chi connectivity index (χ2n) is 4.55. The summed E-state index contributed by atoms with van der Waals surface area (Å²) in [4.78, 5) is 3.89. The number of piperidine rings is 1. The van der Waals surface area contributed by atoms with Gasteiger partial charge < -0.3 is 25.5 Å². The molecule has 0 bridgehead atoms. The summed E-state index contributed by atoms with van der Waals surface area (Å²) in [6, 6.07) is 2.41. The first-order valence-corrected chi connectivity index (χ1v) is 6.11. The fourth-order valence-corrected chi connectivity index (χ4v) is 2.05. The van der Waals surface area contributed by atoms with Gasteiger partial charge in [0.1, 0.15) is 24.4 Å². The second kappa shape index (κ2) is 6.25. The number of pyridine rings is 1. The Bertz CT molecular complexity index is 458. The molecule has 0 saturated carbocycles. The summed E-state index contributed by atoms with van der Waals surface area (Å²) in [6.07, 6.45) is -1.59. The lowest BCUT2D eigenvalue weighted by Gasteiger charge is -2.44. The molecule has 1 aromatic rings. The molecule has 1 unspecified atom stereocenters. The molecule has 2 heterocycles. The van der Waals surface area contributed by atoms with Crippen LogP contribution in [0.15, 0.2) is 29.6 Å². The van der Waals surface area contributed by atoms with Gasteiger partial charge in [-0.25, -0.2) is 0 Å². The molecule has 8 nitrogen and oxygen atoms in total. The Labute approximate surface area is 115 Å². The highest BCUT2D eigenvalue weighted by Crippen LogP contribution is 2.23. The standard InChI is InChI=1S/C12H17N3O5/c16-6-8-9(17)10(18)11(19)12(20)15(8)14-5-7-2-1-3-13-4-7/h1-5,8-12,16-20H,6H2/b14-5-/t8-,9-,10+,11-,12?/m1/s1. The minimum absolute atomic E-state index is 0.535. The largest absolute Gasteiger partial charge is 0.394 e. The van der Waals surface area contributed by atoms with E-state index in [0.717, 1.165) is 5.01 Å². The number of rotatable bonds is 3. The average molecular weight is 283 g/mol. The van der Waals surface area contributed by atoms with E-state index in [4.69, 9.17) is 0 Å². The van der Waals surface area contributed by atoms with Crippen molar-refractivity contribution in [1.82, 2.24) is 9.99 Å². The summed E-state index contributed by atoms with van der Waals surface area (Å²) in [7, 11) is 0.